The highest BCUT2D eigenvalue weighted by Gasteiger charge is 2.17. The van der Waals surface area contributed by atoms with Crippen LogP contribution in [0.15, 0.2) is 34.1 Å². The summed E-state index contributed by atoms with van der Waals surface area (Å²) in [5, 5.41) is 3.03. The minimum atomic E-state index is -0.334. The molecule has 1 aliphatic rings. The van der Waals surface area contributed by atoms with Gasteiger partial charge in [-0.3, -0.25) is 14.9 Å². The lowest BCUT2D eigenvalue weighted by Gasteiger charge is -2.05. The summed E-state index contributed by atoms with van der Waals surface area (Å²) < 4.78 is 20.0. The van der Waals surface area contributed by atoms with Crippen molar-refractivity contribution in [3.63, 3.8) is 0 Å². The van der Waals surface area contributed by atoms with Gasteiger partial charge in [0.05, 0.1) is 23.9 Å². The van der Waals surface area contributed by atoms with E-state index < -0.39 is 0 Å². The number of hydrogen-bond donors (Lipinski definition) is 1. The smallest absolute Gasteiger partial charge is 0.280 e. The van der Waals surface area contributed by atoms with Crippen molar-refractivity contribution < 1.29 is 9.13 Å². The van der Waals surface area contributed by atoms with Gasteiger partial charge in [-0.2, -0.15) is 0 Å². The fourth-order valence-electron chi connectivity index (χ4n) is 2.85. The van der Waals surface area contributed by atoms with E-state index in [-0.39, 0.29) is 17.5 Å². The van der Waals surface area contributed by atoms with Gasteiger partial charge >= 0.3 is 0 Å². The molecule has 23 heavy (non-hydrogen) atoms. The highest BCUT2D eigenvalue weighted by molar-refractivity contribution is 5.99. The zero-order valence-electron chi connectivity index (χ0n) is 13.3. The highest BCUT2D eigenvalue weighted by Crippen LogP contribution is 2.13. The van der Waals surface area contributed by atoms with Gasteiger partial charge in [0, 0.05) is 18.0 Å². The number of rotatable bonds is 4. The summed E-state index contributed by atoms with van der Waals surface area (Å²) in [4.78, 5) is 17.2. The first-order valence-electron chi connectivity index (χ1n) is 7.77. The maximum atomic E-state index is 13.0. The average Bonchev–Trinajstić information content (AvgIpc) is 3.14. The predicted molar refractivity (Wildman–Crippen MR) is 87.1 cm³/mol. The molecule has 0 unspecified atom stereocenters. The van der Waals surface area contributed by atoms with E-state index in [1.807, 2.05) is 13.8 Å². The minimum absolute atomic E-state index is 0.156. The lowest BCUT2D eigenvalue weighted by Crippen LogP contribution is -2.20. The second-order valence-electron chi connectivity index (χ2n) is 5.79. The van der Waals surface area contributed by atoms with Crippen molar-refractivity contribution in [1.29, 1.82) is 0 Å². The van der Waals surface area contributed by atoms with Gasteiger partial charge in [-0.05, 0) is 51.0 Å². The van der Waals surface area contributed by atoms with Crippen LogP contribution in [-0.2, 0) is 4.74 Å². The van der Waals surface area contributed by atoms with E-state index in [1.54, 1.807) is 12.1 Å². The Balaban J connectivity index is 1.89. The van der Waals surface area contributed by atoms with E-state index in [0.717, 1.165) is 25.1 Å². The first-order valence-corrected chi connectivity index (χ1v) is 7.77. The molecule has 0 radical (unpaired) electrons. The van der Waals surface area contributed by atoms with E-state index in [2.05, 4.69) is 10.1 Å². The number of halogens is 1. The third-order valence-electron chi connectivity index (χ3n) is 4.07. The zero-order valence-corrected chi connectivity index (χ0v) is 13.3. The van der Waals surface area contributed by atoms with Crippen LogP contribution in [0.3, 0.4) is 0 Å². The highest BCUT2D eigenvalue weighted by atomic mass is 19.1. The van der Waals surface area contributed by atoms with Gasteiger partial charge in [0.1, 0.15) is 5.82 Å². The summed E-state index contributed by atoms with van der Waals surface area (Å²) >= 11 is 0. The van der Waals surface area contributed by atoms with Crippen LogP contribution in [0.25, 0.3) is 5.69 Å². The molecular weight excluding hydrogens is 297 g/mol. The van der Waals surface area contributed by atoms with Crippen LogP contribution in [0.1, 0.15) is 31.0 Å². The van der Waals surface area contributed by atoms with Crippen molar-refractivity contribution in [2.75, 3.05) is 13.2 Å². The standard InChI is InChI=1S/C17H20FN3O2/c1-11(19-10-15-4-3-9-23-15)16-12(2)20-21(17(16)22)14-7-5-13(18)6-8-14/h5-8,15,20H,3-4,9-10H2,1-2H3/t15-/m1/s1. The molecule has 1 atom stereocenters. The summed E-state index contributed by atoms with van der Waals surface area (Å²) in [7, 11) is 0. The Bertz CT molecular complexity index is 768. The average molecular weight is 317 g/mol. The lowest BCUT2D eigenvalue weighted by molar-refractivity contribution is 0.118. The van der Waals surface area contributed by atoms with E-state index in [0.29, 0.717) is 23.5 Å². The molecule has 1 aliphatic heterocycles. The largest absolute Gasteiger partial charge is 0.376 e. The van der Waals surface area contributed by atoms with Crippen LogP contribution in [-0.4, -0.2) is 34.7 Å². The molecule has 2 aromatic rings. The van der Waals surface area contributed by atoms with Gasteiger partial charge in [0.2, 0.25) is 0 Å². The van der Waals surface area contributed by atoms with Crippen molar-refractivity contribution in [2.24, 2.45) is 4.99 Å². The number of aromatic nitrogens is 2. The zero-order chi connectivity index (χ0) is 16.4. The Kier molecular flexibility index (Phi) is 4.43. The van der Waals surface area contributed by atoms with Crippen molar-refractivity contribution in [3.8, 4) is 5.69 Å². The summed E-state index contributed by atoms with van der Waals surface area (Å²) in [6.07, 6.45) is 2.24. The van der Waals surface area contributed by atoms with E-state index in [9.17, 15) is 9.18 Å². The number of nitrogens with zero attached hydrogens (tertiary/aromatic N) is 2. The Morgan fingerprint density at radius 2 is 2.17 bits per heavy atom. The number of aryl methyl sites for hydroxylation is 1. The maximum absolute atomic E-state index is 13.0. The molecule has 1 aromatic carbocycles. The Morgan fingerprint density at radius 1 is 1.43 bits per heavy atom. The van der Waals surface area contributed by atoms with Crippen molar-refractivity contribution in [2.45, 2.75) is 32.8 Å². The van der Waals surface area contributed by atoms with Gasteiger partial charge < -0.3 is 4.74 Å². The number of nitrogens with one attached hydrogen (secondary N) is 1. The molecule has 1 fully saturated rings. The van der Waals surface area contributed by atoms with Crippen molar-refractivity contribution >= 4 is 5.71 Å². The Hall–Kier alpha value is -2.21. The van der Waals surface area contributed by atoms with Gasteiger partial charge in [-0.25, -0.2) is 9.07 Å². The molecule has 122 valence electrons. The molecule has 0 bridgehead atoms. The predicted octanol–water partition coefficient (Wildman–Crippen LogP) is 2.60. The Labute approximate surface area is 133 Å². The summed E-state index contributed by atoms with van der Waals surface area (Å²) in [6, 6.07) is 5.79. The molecule has 3 rings (SSSR count). The third kappa shape index (κ3) is 3.27. The van der Waals surface area contributed by atoms with Gasteiger partial charge in [0.15, 0.2) is 0 Å². The molecule has 2 heterocycles. The first-order chi connectivity index (χ1) is 11.1. The summed E-state index contributed by atoms with van der Waals surface area (Å²) in [6.45, 7) is 5.04. The quantitative estimate of drug-likeness (QED) is 0.881. The van der Waals surface area contributed by atoms with Crippen LogP contribution < -0.4 is 5.56 Å². The van der Waals surface area contributed by atoms with E-state index >= 15 is 0 Å². The van der Waals surface area contributed by atoms with Crippen LogP contribution in [0.4, 0.5) is 4.39 Å². The van der Waals surface area contributed by atoms with Gasteiger partial charge in [-0.1, -0.05) is 0 Å². The number of benzene rings is 1. The second-order valence-corrected chi connectivity index (χ2v) is 5.79. The molecule has 0 aliphatic carbocycles. The third-order valence-corrected chi connectivity index (χ3v) is 4.07. The number of aromatic amines is 1. The molecule has 1 saturated heterocycles. The molecule has 5 nitrogen and oxygen atoms in total. The summed E-state index contributed by atoms with van der Waals surface area (Å²) in [5.41, 5.74) is 2.42. The molecule has 0 saturated carbocycles. The van der Waals surface area contributed by atoms with E-state index in [1.165, 1.54) is 16.8 Å². The normalized spacial score (nSPS) is 18.6. The first kappa shape index (κ1) is 15.7. The number of aliphatic imine (C=N–C) groups is 1. The molecule has 0 spiro atoms. The second kappa shape index (κ2) is 6.50. The monoisotopic (exact) mass is 317 g/mol. The maximum Gasteiger partial charge on any atom is 0.280 e. The molecule has 6 heteroatoms. The topological polar surface area (TPSA) is 59.4 Å². The Morgan fingerprint density at radius 3 is 2.83 bits per heavy atom. The van der Waals surface area contributed by atoms with Gasteiger partial charge in [0.25, 0.3) is 5.56 Å². The SMILES string of the molecule is CC(=NC[C@H]1CCCO1)c1c(C)[nH]n(-c2ccc(F)cc2)c1=O. The van der Waals surface area contributed by atoms with Crippen molar-refractivity contribution in [3.05, 3.63) is 51.7 Å². The number of H-pyrrole nitrogens is 1. The van der Waals surface area contributed by atoms with Crippen LogP contribution in [0.2, 0.25) is 0 Å². The van der Waals surface area contributed by atoms with Crippen LogP contribution >= 0.6 is 0 Å². The van der Waals surface area contributed by atoms with Crippen LogP contribution in [0, 0.1) is 12.7 Å². The summed E-state index contributed by atoms with van der Waals surface area (Å²) in [5.74, 6) is -0.334. The van der Waals surface area contributed by atoms with E-state index in [4.69, 9.17) is 4.74 Å². The number of ether oxygens (including phenoxy) is 1. The van der Waals surface area contributed by atoms with Crippen LogP contribution in [0.5, 0.6) is 0 Å². The minimum Gasteiger partial charge on any atom is -0.376 e. The molecule has 1 N–H and O–H groups in total. The van der Waals surface area contributed by atoms with Crippen molar-refractivity contribution in [1.82, 2.24) is 9.78 Å². The lowest BCUT2D eigenvalue weighted by atomic mass is 10.1. The molecule has 1 aromatic heterocycles. The number of hydrogen-bond acceptors (Lipinski definition) is 3. The molecule has 0 amide bonds. The molecular formula is C17H20FN3O2. The fraction of sp³-hybridized carbons (Fsp3) is 0.412. The fourth-order valence-corrected chi connectivity index (χ4v) is 2.85. The van der Waals surface area contributed by atoms with Gasteiger partial charge in [-0.15, -0.1) is 0 Å².